The van der Waals surface area contributed by atoms with E-state index in [2.05, 4.69) is 15.1 Å². The van der Waals surface area contributed by atoms with Gasteiger partial charge in [-0.1, -0.05) is 18.2 Å². The standard InChI is InChI=1S/C25H28N4O5/c1-27-8-9-28-20-7-5-4-6-17(20)13-25(21(28)15-27)22(30)26-24(32)29(23(25)31)14-16-10-18(33-2)12-19(11-16)34-3/h4-7,10-12,21H,8-9,13-15H2,1-3H3,(H,26,30,32)/t21-,25+/m0/s1. The molecule has 0 saturated carbocycles. The van der Waals surface area contributed by atoms with E-state index >= 15 is 0 Å². The van der Waals surface area contributed by atoms with Crippen molar-refractivity contribution < 1.29 is 23.9 Å². The molecule has 178 valence electrons. The minimum absolute atomic E-state index is 0.00252. The molecular weight excluding hydrogens is 436 g/mol. The number of ether oxygens (including phenoxy) is 2. The lowest BCUT2D eigenvalue weighted by atomic mass is 9.67. The fourth-order valence-corrected chi connectivity index (χ4v) is 5.43. The summed E-state index contributed by atoms with van der Waals surface area (Å²) in [6.45, 7) is 2.06. The van der Waals surface area contributed by atoms with Crippen LogP contribution >= 0.6 is 0 Å². The molecule has 1 N–H and O–H groups in total. The number of carbonyl (C=O) groups is 3. The number of hydrogen-bond donors (Lipinski definition) is 1. The number of barbiturate groups is 1. The van der Waals surface area contributed by atoms with Crippen molar-refractivity contribution in [3.8, 4) is 11.5 Å². The lowest BCUT2D eigenvalue weighted by Crippen LogP contribution is -2.74. The van der Waals surface area contributed by atoms with Crippen LogP contribution in [0.1, 0.15) is 11.1 Å². The normalized spacial score (nSPS) is 24.6. The molecule has 2 saturated heterocycles. The summed E-state index contributed by atoms with van der Waals surface area (Å²) in [4.78, 5) is 46.0. The van der Waals surface area contributed by atoms with Crippen molar-refractivity contribution >= 4 is 23.5 Å². The van der Waals surface area contributed by atoms with Gasteiger partial charge in [0.15, 0.2) is 5.41 Å². The highest BCUT2D eigenvalue weighted by Gasteiger charge is 2.62. The fourth-order valence-electron chi connectivity index (χ4n) is 5.43. The largest absolute Gasteiger partial charge is 0.497 e. The second kappa shape index (κ2) is 8.32. The first-order valence-electron chi connectivity index (χ1n) is 11.3. The van der Waals surface area contributed by atoms with Crippen molar-refractivity contribution in [2.24, 2.45) is 5.41 Å². The summed E-state index contributed by atoms with van der Waals surface area (Å²) in [6.07, 6.45) is 0.244. The van der Waals surface area contributed by atoms with Gasteiger partial charge in [-0.3, -0.25) is 19.8 Å². The van der Waals surface area contributed by atoms with Crippen molar-refractivity contribution in [2.45, 2.75) is 19.0 Å². The van der Waals surface area contributed by atoms with Crippen molar-refractivity contribution in [3.63, 3.8) is 0 Å². The van der Waals surface area contributed by atoms with Crippen LogP contribution in [0.15, 0.2) is 42.5 Å². The Hall–Kier alpha value is -3.59. The number of anilines is 1. The molecule has 1 spiro atoms. The van der Waals surface area contributed by atoms with Crippen LogP contribution in [0, 0.1) is 5.41 Å². The van der Waals surface area contributed by atoms with E-state index in [9.17, 15) is 14.4 Å². The van der Waals surface area contributed by atoms with Crippen molar-refractivity contribution in [3.05, 3.63) is 53.6 Å². The summed E-state index contributed by atoms with van der Waals surface area (Å²) in [6, 6.07) is 12.0. The quantitative estimate of drug-likeness (QED) is 0.688. The Balaban J connectivity index is 1.57. The average Bonchev–Trinajstić information content (AvgIpc) is 2.84. The molecule has 3 aliphatic heterocycles. The summed E-state index contributed by atoms with van der Waals surface area (Å²) >= 11 is 0. The number of amides is 4. The number of urea groups is 1. The van der Waals surface area contributed by atoms with Gasteiger partial charge < -0.3 is 19.3 Å². The number of carbonyl (C=O) groups excluding carboxylic acids is 3. The average molecular weight is 465 g/mol. The number of fused-ring (bicyclic) bond motifs is 4. The zero-order chi connectivity index (χ0) is 24.0. The second-order valence-electron chi connectivity index (χ2n) is 9.12. The Bertz CT molecular complexity index is 1150. The van der Waals surface area contributed by atoms with Crippen LogP contribution in [0.2, 0.25) is 0 Å². The third-order valence-electron chi connectivity index (χ3n) is 7.17. The van der Waals surface area contributed by atoms with Gasteiger partial charge in [0.25, 0.3) is 0 Å². The first kappa shape index (κ1) is 22.2. The third-order valence-corrected chi connectivity index (χ3v) is 7.17. The summed E-state index contributed by atoms with van der Waals surface area (Å²) in [5.74, 6) is 0.109. The lowest BCUT2D eigenvalue weighted by Gasteiger charge is -2.55. The topological polar surface area (TPSA) is 91.4 Å². The summed E-state index contributed by atoms with van der Waals surface area (Å²) in [5, 5.41) is 2.50. The van der Waals surface area contributed by atoms with E-state index in [1.54, 1.807) is 32.4 Å². The molecule has 34 heavy (non-hydrogen) atoms. The molecule has 3 aliphatic rings. The van der Waals surface area contributed by atoms with Crippen LogP contribution in [0.4, 0.5) is 10.5 Å². The first-order chi connectivity index (χ1) is 16.4. The van der Waals surface area contributed by atoms with Gasteiger partial charge in [-0.2, -0.15) is 0 Å². The molecule has 0 aliphatic carbocycles. The number of benzene rings is 2. The molecule has 0 radical (unpaired) electrons. The van der Waals surface area contributed by atoms with E-state index < -0.39 is 23.3 Å². The minimum Gasteiger partial charge on any atom is -0.497 e. The highest BCUT2D eigenvalue weighted by Crippen LogP contribution is 2.45. The lowest BCUT2D eigenvalue weighted by molar-refractivity contribution is -0.154. The van der Waals surface area contributed by atoms with Crippen molar-refractivity contribution in [1.29, 1.82) is 0 Å². The Labute approximate surface area is 198 Å². The molecular formula is C25H28N4O5. The monoisotopic (exact) mass is 464 g/mol. The first-order valence-corrected chi connectivity index (χ1v) is 11.3. The number of para-hydroxylation sites is 1. The molecule has 2 atom stereocenters. The predicted molar refractivity (Wildman–Crippen MR) is 125 cm³/mol. The van der Waals surface area contributed by atoms with Gasteiger partial charge in [0.1, 0.15) is 11.5 Å². The van der Waals surface area contributed by atoms with E-state index in [-0.39, 0.29) is 19.0 Å². The zero-order valence-corrected chi connectivity index (χ0v) is 19.5. The molecule has 0 bridgehead atoms. The number of rotatable bonds is 4. The van der Waals surface area contributed by atoms with Gasteiger partial charge in [-0.25, -0.2) is 4.79 Å². The molecule has 2 aromatic rings. The summed E-state index contributed by atoms with van der Waals surface area (Å²) < 4.78 is 10.7. The number of imide groups is 2. The predicted octanol–water partition coefficient (Wildman–Crippen LogP) is 1.65. The van der Waals surface area contributed by atoms with E-state index in [4.69, 9.17) is 9.47 Å². The van der Waals surface area contributed by atoms with E-state index in [0.29, 0.717) is 30.2 Å². The molecule has 9 nitrogen and oxygen atoms in total. The third kappa shape index (κ3) is 3.38. The van der Waals surface area contributed by atoms with Crippen LogP contribution in [-0.4, -0.2) is 74.6 Å². The van der Waals surface area contributed by atoms with Gasteiger partial charge in [0.05, 0.1) is 26.8 Å². The van der Waals surface area contributed by atoms with E-state index in [1.165, 1.54) is 0 Å². The Morgan fingerprint density at radius 3 is 2.44 bits per heavy atom. The maximum Gasteiger partial charge on any atom is 0.331 e. The van der Waals surface area contributed by atoms with Crippen LogP contribution < -0.4 is 19.7 Å². The number of likely N-dealkylation sites (N-methyl/N-ethyl adjacent to an activating group) is 1. The SMILES string of the molecule is COc1cc(CN2C(=O)NC(=O)[C@]3(Cc4ccccc4N4CCN(C)C[C@H]43)C2=O)cc(OC)c1. The van der Waals surface area contributed by atoms with Crippen LogP contribution in [0.5, 0.6) is 11.5 Å². The molecule has 3 heterocycles. The highest BCUT2D eigenvalue weighted by atomic mass is 16.5. The van der Waals surface area contributed by atoms with Crippen molar-refractivity contribution in [2.75, 3.05) is 45.8 Å². The van der Waals surface area contributed by atoms with Gasteiger partial charge in [0.2, 0.25) is 11.8 Å². The highest BCUT2D eigenvalue weighted by molar-refractivity contribution is 6.20. The summed E-state index contributed by atoms with van der Waals surface area (Å²) in [7, 11) is 5.07. The smallest absolute Gasteiger partial charge is 0.331 e. The van der Waals surface area contributed by atoms with Gasteiger partial charge in [-0.05, 0) is 42.8 Å². The Morgan fingerprint density at radius 2 is 1.74 bits per heavy atom. The van der Waals surface area contributed by atoms with Crippen LogP contribution in [-0.2, 0) is 22.6 Å². The number of hydrogen-bond acceptors (Lipinski definition) is 7. The molecule has 2 fully saturated rings. The summed E-state index contributed by atoms with van der Waals surface area (Å²) in [5.41, 5.74) is 1.25. The minimum atomic E-state index is -1.40. The molecule has 5 rings (SSSR count). The second-order valence-corrected chi connectivity index (χ2v) is 9.12. The van der Waals surface area contributed by atoms with Crippen LogP contribution in [0.3, 0.4) is 0 Å². The molecule has 9 heteroatoms. The number of piperazine rings is 1. The molecule has 0 aromatic heterocycles. The van der Waals surface area contributed by atoms with Gasteiger partial charge >= 0.3 is 6.03 Å². The molecule has 0 unspecified atom stereocenters. The van der Waals surface area contributed by atoms with Crippen LogP contribution in [0.25, 0.3) is 0 Å². The fraction of sp³-hybridized carbons (Fsp3) is 0.400. The van der Waals surface area contributed by atoms with Gasteiger partial charge in [-0.15, -0.1) is 0 Å². The number of nitrogens with zero attached hydrogens (tertiary/aromatic N) is 3. The maximum atomic E-state index is 14.1. The molecule has 4 amide bonds. The Kier molecular flexibility index (Phi) is 5.44. The van der Waals surface area contributed by atoms with Crippen molar-refractivity contribution in [1.82, 2.24) is 15.1 Å². The molecule has 2 aromatic carbocycles. The Morgan fingerprint density at radius 1 is 1.03 bits per heavy atom. The number of nitrogens with one attached hydrogen (secondary N) is 1. The number of methoxy groups -OCH3 is 2. The van der Waals surface area contributed by atoms with E-state index in [1.807, 2.05) is 31.3 Å². The maximum absolute atomic E-state index is 14.1. The zero-order valence-electron chi connectivity index (χ0n) is 19.5. The van der Waals surface area contributed by atoms with Gasteiger partial charge in [0, 0.05) is 31.4 Å². The van der Waals surface area contributed by atoms with E-state index in [0.717, 1.165) is 22.7 Å².